The molecule has 0 aliphatic rings. The van der Waals surface area contributed by atoms with Gasteiger partial charge in [-0.05, 0) is 6.92 Å². The van der Waals surface area contributed by atoms with E-state index in [1.165, 1.54) is 18.9 Å². The molecule has 16 heavy (non-hydrogen) atoms. The van der Waals surface area contributed by atoms with Gasteiger partial charge in [-0.25, -0.2) is 9.97 Å². The molecule has 0 unspecified atom stereocenters. The summed E-state index contributed by atoms with van der Waals surface area (Å²) in [5.41, 5.74) is 0. The second kappa shape index (κ2) is 6.32. The van der Waals surface area contributed by atoms with E-state index >= 15 is 0 Å². The maximum Gasteiger partial charge on any atom is 0.306 e. The molecule has 0 fully saturated rings. The van der Waals surface area contributed by atoms with Gasteiger partial charge >= 0.3 is 5.97 Å². The zero-order valence-corrected chi connectivity index (χ0v) is 10.4. The highest BCUT2D eigenvalue weighted by Gasteiger charge is 2.04. The SMILES string of the molecule is CNc1cc(SCCC(=O)OC)nc(C)n1. The second-order valence-corrected chi connectivity index (χ2v) is 4.18. The molecule has 88 valence electrons. The van der Waals surface area contributed by atoms with E-state index in [0.29, 0.717) is 18.0 Å². The number of aromatic nitrogens is 2. The average molecular weight is 241 g/mol. The van der Waals surface area contributed by atoms with Crippen molar-refractivity contribution >= 4 is 23.5 Å². The molecule has 0 aromatic carbocycles. The molecule has 0 aliphatic carbocycles. The molecule has 1 aromatic heterocycles. The van der Waals surface area contributed by atoms with E-state index in [-0.39, 0.29) is 5.97 Å². The molecule has 0 bridgehead atoms. The fourth-order valence-electron chi connectivity index (χ4n) is 1.08. The summed E-state index contributed by atoms with van der Waals surface area (Å²) in [5.74, 6) is 1.96. The van der Waals surface area contributed by atoms with Crippen LogP contribution in [0.1, 0.15) is 12.2 Å². The summed E-state index contributed by atoms with van der Waals surface area (Å²) < 4.78 is 4.56. The van der Waals surface area contributed by atoms with Crippen LogP contribution in [0.25, 0.3) is 0 Å². The molecule has 1 N–H and O–H groups in total. The van der Waals surface area contributed by atoms with E-state index < -0.39 is 0 Å². The summed E-state index contributed by atoms with van der Waals surface area (Å²) in [7, 11) is 3.20. The van der Waals surface area contributed by atoms with Gasteiger partial charge in [0.15, 0.2) is 0 Å². The number of nitrogens with one attached hydrogen (secondary N) is 1. The summed E-state index contributed by atoms with van der Waals surface area (Å²) in [6.07, 6.45) is 0.388. The second-order valence-electron chi connectivity index (χ2n) is 3.06. The highest BCUT2D eigenvalue weighted by molar-refractivity contribution is 7.99. The number of carbonyl (C=O) groups is 1. The van der Waals surface area contributed by atoms with E-state index in [1.54, 1.807) is 0 Å². The third-order valence-electron chi connectivity index (χ3n) is 1.85. The molecule has 1 rings (SSSR count). The highest BCUT2D eigenvalue weighted by atomic mass is 32.2. The van der Waals surface area contributed by atoms with Gasteiger partial charge in [0.2, 0.25) is 0 Å². The number of thioether (sulfide) groups is 1. The summed E-state index contributed by atoms with van der Waals surface area (Å²) in [5, 5.41) is 3.82. The van der Waals surface area contributed by atoms with Gasteiger partial charge in [-0.1, -0.05) is 0 Å². The Hall–Kier alpha value is -1.30. The highest BCUT2D eigenvalue weighted by Crippen LogP contribution is 2.19. The van der Waals surface area contributed by atoms with Crippen molar-refractivity contribution in [3.8, 4) is 0 Å². The lowest BCUT2D eigenvalue weighted by Crippen LogP contribution is -2.02. The first-order chi connectivity index (χ1) is 7.65. The Morgan fingerprint density at radius 3 is 2.94 bits per heavy atom. The lowest BCUT2D eigenvalue weighted by atomic mass is 10.5. The lowest BCUT2D eigenvalue weighted by Gasteiger charge is -2.04. The van der Waals surface area contributed by atoms with Gasteiger partial charge < -0.3 is 10.1 Å². The lowest BCUT2D eigenvalue weighted by molar-refractivity contribution is -0.140. The first-order valence-corrected chi connectivity index (χ1v) is 5.87. The minimum absolute atomic E-state index is 0.202. The van der Waals surface area contributed by atoms with E-state index in [4.69, 9.17) is 0 Å². The van der Waals surface area contributed by atoms with Gasteiger partial charge in [0.1, 0.15) is 16.7 Å². The van der Waals surface area contributed by atoms with E-state index in [0.717, 1.165) is 10.8 Å². The van der Waals surface area contributed by atoms with Gasteiger partial charge in [-0.2, -0.15) is 0 Å². The van der Waals surface area contributed by atoms with Gasteiger partial charge in [0.25, 0.3) is 0 Å². The van der Waals surface area contributed by atoms with Crippen LogP contribution in [-0.4, -0.2) is 35.8 Å². The number of aryl methyl sites for hydroxylation is 1. The maximum absolute atomic E-state index is 10.9. The van der Waals surface area contributed by atoms with Crippen LogP contribution >= 0.6 is 11.8 Å². The fraction of sp³-hybridized carbons (Fsp3) is 0.500. The largest absolute Gasteiger partial charge is 0.469 e. The average Bonchev–Trinajstić information content (AvgIpc) is 2.28. The van der Waals surface area contributed by atoms with Crippen LogP contribution in [0.3, 0.4) is 0 Å². The predicted octanol–water partition coefficient (Wildman–Crippen LogP) is 1.48. The number of methoxy groups -OCH3 is 1. The number of hydrogen-bond acceptors (Lipinski definition) is 6. The van der Waals surface area contributed by atoms with Crippen molar-refractivity contribution < 1.29 is 9.53 Å². The Bertz CT molecular complexity index is 371. The Labute approximate surface area is 99.0 Å². The molecule has 0 amide bonds. The van der Waals surface area contributed by atoms with Gasteiger partial charge in [0.05, 0.1) is 13.5 Å². The molecule has 0 aliphatic heterocycles. The summed E-state index contributed by atoms with van der Waals surface area (Å²) in [4.78, 5) is 19.4. The standard InChI is InChI=1S/C10H15N3O2S/c1-7-12-8(11-2)6-9(13-7)16-5-4-10(14)15-3/h6H,4-5H2,1-3H3,(H,11,12,13). The van der Waals surface area contributed by atoms with Gasteiger partial charge in [0, 0.05) is 18.9 Å². The quantitative estimate of drug-likeness (QED) is 0.478. The van der Waals surface area contributed by atoms with E-state index in [9.17, 15) is 4.79 Å². The smallest absolute Gasteiger partial charge is 0.306 e. The zero-order valence-electron chi connectivity index (χ0n) is 9.61. The van der Waals surface area contributed by atoms with Crippen LogP contribution < -0.4 is 5.32 Å². The topological polar surface area (TPSA) is 64.1 Å². The molecule has 0 radical (unpaired) electrons. The summed E-state index contributed by atoms with van der Waals surface area (Å²) in [6.45, 7) is 1.84. The van der Waals surface area contributed by atoms with Crippen molar-refractivity contribution in [3.05, 3.63) is 11.9 Å². The number of carbonyl (C=O) groups excluding carboxylic acids is 1. The molecule has 5 nitrogen and oxygen atoms in total. The van der Waals surface area contributed by atoms with Crippen molar-refractivity contribution in [2.24, 2.45) is 0 Å². The molecule has 0 saturated carbocycles. The van der Waals surface area contributed by atoms with E-state index in [2.05, 4.69) is 20.0 Å². The fourth-order valence-corrected chi connectivity index (χ4v) is 1.95. The minimum atomic E-state index is -0.202. The van der Waals surface area contributed by atoms with E-state index in [1.807, 2.05) is 20.0 Å². The van der Waals surface area contributed by atoms with Crippen LogP contribution in [0.15, 0.2) is 11.1 Å². The molecule has 6 heteroatoms. The maximum atomic E-state index is 10.9. The van der Waals surface area contributed by atoms with Crippen molar-refractivity contribution in [2.45, 2.75) is 18.4 Å². The Morgan fingerprint density at radius 2 is 2.31 bits per heavy atom. The molecule has 0 atom stereocenters. The van der Waals surface area contributed by atoms with Gasteiger partial charge in [-0.3, -0.25) is 4.79 Å². The van der Waals surface area contributed by atoms with Crippen LogP contribution in [0.2, 0.25) is 0 Å². The predicted molar refractivity (Wildman–Crippen MR) is 63.7 cm³/mol. The Morgan fingerprint density at radius 1 is 1.56 bits per heavy atom. The molecular weight excluding hydrogens is 226 g/mol. The normalized spacial score (nSPS) is 9.94. The van der Waals surface area contributed by atoms with Crippen LogP contribution in [0.5, 0.6) is 0 Å². The number of ether oxygens (including phenoxy) is 1. The van der Waals surface area contributed by atoms with Crippen LogP contribution in [0.4, 0.5) is 5.82 Å². The third kappa shape index (κ3) is 4.06. The van der Waals surface area contributed by atoms with Crippen molar-refractivity contribution in [1.29, 1.82) is 0 Å². The number of anilines is 1. The summed E-state index contributed by atoms with van der Waals surface area (Å²) >= 11 is 1.52. The number of nitrogens with zero attached hydrogens (tertiary/aromatic N) is 2. The first-order valence-electron chi connectivity index (χ1n) is 4.88. The Kier molecular flexibility index (Phi) is 5.04. The first kappa shape index (κ1) is 12.8. The monoisotopic (exact) mass is 241 g/mol. The van der Waals surface area contributed by atoms with Gasteiger partial charge in [-0.15, -0.1) is 11.8 Å². The van der Waals surface area contributed by atoms with Crippen molar-refractivity contribution in [1.82, 2.24) is 9.97 Å². The zero-order chi connectivity index (χ0) is 12.0. The molecular formula is C10H15N3O2S. The third-order valence-corrected chi connectivity index (χ3v) is 2.77. The minimum Gasteiger partial charge on any atom is -0.469 e. The van der Waals surface area contributed by atoms with Crippen molar-refractivity contribution in [3.63, 3.8) is 0 Å². The Balaban J connectivity index is 2.53. The number of hydrogen-bond donors (Lipinski definition) is 1. The summed E-state index contributed by atoms with van der Waals surface area (Å²) in [6, 6.07) is 1.86. The molecule has 1 aromatic rings. The number of rotatable bonds is 5. The van der Waals surface area contributed by atoms with Crippen LogP contribution in [-0.2, 0) is 9.53 Å². The molecule has 0 saturated heterocycles. The van der Waals surface area contributed by atoms with Crippen molar-refractivity contribution in [2.75, 3.05) is 25.2 Å². The molecule has 1 heterocycles. The number of esters is 1. The molecule has 0 spiro atoms. The van der Waals surface area contributed by atoms with Crippen LogP contribution in [0, 0.1) is 6.92 Å².